The van der Waals surface area contributed by atoms with Gasteiger partial charge in [0.15, 0.2) is 0 Å². The summed E-state index contributed by atoms with van der Waals surface area (Å²) in [4.78, 5) is 10.5. The van der Waals surface area contributed by atoms with Crippen molar-refractivity contribution in [1.29, 1.82) is 0 Å². The third kappa shape index (κ3) is 3.92. The van der Waals surface area contributed by atoms with Crippen LogP contribution in [-0.4, -0.2) is 27.4 Å². The molecule has 21 heavy (non-hydrogen) atoms. The third-order valence-electron chi connectivity index (χ3n) is 3.49. The predicted molar refractivity (Wildman–Crippen MR) is 81.6 cm³/mol. The number of carbonyl (C=O) groups is 1. The van der Waals surface area contributed by atoms with Gasteiger partial charge in [-0.05, 0) is 38.9 Å². The summed E-state index contributed by atoms with van der Waals surface area (Å²) in [6.45, 7) is 5.47. The minimum Gasteiger partial charge on any atom is -0.481 e. The highest BCUT2D eigenvalue weighted by molar-refractivity contribution is 5.66. The molecule has 0 atom stereocenters. The topological polar surface area (TPSA) is 67.2 Å². The molecule has 2 aromatic rings. The summed E-state index contributed by atoms with van der Waals surface area (Å²) in [7, 11) is 0. The molecule has 0 saturated heterocycles. The molecule has 1 aromatic heterocycles. The van der Waals surface area contributed by atoms with Crippen molar-refractivity contribution < 1.29 is 9.90 Å². The van der Waals surface area contributed by atoms with Gasteiger partial charge in [0.25, 0.3) is 0 Å². The number of aryl methyl sites for hydroxylation is 1. The zero-order chi connectivity index (χ0) is 15.2. The van der Waals surface area contributed by atoms with E-state index in [2.05, 4.69) is 17.3 Å². The minimum absolute atomic E-state index is 0.203. The molecule has 2 N–H and O–H groups in total. The van der Waals surface area contributed by atoms with Crippen LogP contribution < -0.4 is 5.32 Å². The largest absolute Gasteiger partial charge is 0.481 e. The van der Waals surface area contributed by atoms with E-state index in [1.165, 1.54) is 5.56 Å². The number of hydrogen-bond donors (Lipinski definition) is 2. The SMILES string of the molecule is Cc1nn(-c2ccccc2)c(C)c1CNCCCC(=O)O. The van der Waals surface area contributed by atoms with Gasteiger partial charge in [-0.3, -0.25) is 4.79 Å². The first kappa shape index (κ1) is 15.3. The molecule has 1 aromatic carbocycles. The zero-order valence-electron chi connectivity index (χ0n) is 12.5. The Hall–Kier alpha value is -2.14. The maximum atomic E-state index is 10.5. The molecule has 0 aliphatic carbocycles. The highest BCUT2D eigenvalue weighted by Gasteiger charge is 2.12. The van der Waals surface area contributed by atoms with Gasteiger partial charge in [-0.1, -0.05) is 18.2 Å². The molecule has 0 amide bonds. The molecule has 0 bridgehead atoms. The lowest BCUT2D eigenvalue weighted by molar-refractivity contribution is -0.137. The van der Waals surface area contributed by atoms with E-state index < -0.39 is 5.97 Å². The van der Waals surface area contributed by atoms with Crippen LogP contribution in [0.15, 0.2) is 30.3 Å². The van der Waals surface area contributed by atoms with Gasteiger partial charge in [0.2, 0.25) is 0 Å². The Bertz CT molecular complexity index is 605. The lowest BCUT2D eigenvalue weighted by Crippen LogP contribution is -2.16. The van der Waals surface area contributed by atoms with E-state index in [0.29, 0.717) is 19.5 Å². The third-order valence-corrected chi connectivity index (χ3v) is 3.49. The highest BCUT2D eigenvalue weighted by atomic mass is 16.4. The van der Waals surface area contributed by atoms with Crippen molar-refractivity contribution in [3.05, 3.63) is 47.3 Å². The Morgan fingerprint density at radius 3 is 2.67 bits per heavy atom. The van der Waals surface area contributed by atoms with Gasteiger partial charge in [0, 0.05) is 24.2 Å². The van der Waals surface area contributed by atoms with Gasteiger partial charge in [0.05, 0.1) is 11.4 Å². The number of para-hydroxylation sites is 1. The van der Waals surface area contributed by atoms with Crippen LogP contribution in [0.5, 0.6) is 0 Å². The van der Waals surface area contributed by atoms with Crippen LogP contribution in [0.4, 0.5) is 0 Å². The van der Waals surface area contributed by atoms with Gasteiger partial charge in [-0.15, -0.1) is 0 Å². The van der Waals surface area contributed by atoms with Crippen LogP contribution >= 0.6 is 0 Å². The van der Waals surface area contributed by atoms with Crippen LogP contribution in [0.25, 0.3) is 5.69 Å². The average molecular weight is 287 g/mol. The Kier molecular flexibility index (Phi) is 5.11. The summed E-state index contributed by atoms with van der Waals surface area (Å²) in [5, 5.41) is 16.5. The Balaban J connectivity index is 2.01. The molecular weight excluding hydrogens is 266 g/mol. The number of rotatable bonds is 7. The molecular formula is C16H21N3O2. The van der Waals surface area contributed by atoms with Crippen molar-refractivity contribution in [2.24, 2.45) is 0 Å². The fraction of sp³-hybridized carbons (Fsp3) is 0.375. The molecule has 0 aliphatic heterocycles. The standard InChI is InChI=1S/C16H21N3O2/c1-12-15(11-17-10-6-9-16(20)21)13(2)19(18-12)14-7-4-3-5-8-14/h3-5,7-8,17H,6,9-11H2,1-2H3,(H,20,21). The van der Waals surface area contributed by atoms with Crippen molar-refractivity contribution in [1.82, 2.24) is 15.1 Å². The van der Waals surface area contributed by atoms with E-state index in [4.69, 9.17) is 5.11 Å². The van der Waals surface area contributed by atoms with E-state index in [1.54, 1.807) is 0 Å². The monoisotopic (exact) mass is 287 g/mol. The Labute approximate surface area is 124 Å². The molecule has 0 saturated carbocycles. The van der Waals surface area contributed by atoms with Crippen molar-refractivity contribution in [3.63, 3.8) is 0 Å². The second kappa shape index (κ2) is 7.04. The molecule has 1 heterocycles. The fourth-order valence-corrected chi connectivity index (χ4v) is 2.33. The molecule has 0 spiro atoms. The van der Waals surface area contributed by atoms with Crippen LogP contribution in [-0.2, 0) is 11.3 Å². The van der Waals surface area contributed by atoms with Gasteiger partial charge < -0.3 is 10.4 Å². The van der Waals surface area contributed by atoms with Crippen LogP contribution in [0.1, 0.15) is 29.8 Å². The van der Waals surface area contributed by atoms with Gasteiger partial charge in [-0.2, -0.15) is 5.10 Å². The first-order valence-electron chi connectivity index (χ1n) is 7.12. The molecule has 2 rings (SSSR count). The summed E-state index contributed by atoms with van der Waals surface area (Å²) in [5.74, 6) is -0.749. The first-order valence-corrected chi connectivity index (χ1v) is 7.12. The predicted octanol–water partition coefficient (Wildman–Crippen LogP) is 2.44. The highest BCUT2D eigenvalue weighted by Crippen LogP contribution is 2.17. The summed E-state index contributed by atoms with van der Waals surface area (Å²) in [5.41, 5.74) is 4.34. The van der Waals surface area contributed by atoms with Crippen molar-refractivity contribution in [2.75, 3.05) is 6.54 Å². The normalized spacial score (nSPS) is 10.8. The van der Waals surface area contributed by atoms with E-state index in [-0.39, 0.29) is 6.42 Å². The van der Waals surface area contributed by atoms with Crippen LogP contribution in [0.2, 0.25) is 0 Å². The van der Waals surface area contributed by atoms with E-state index >= 15 is 0 Å². The molecule has 0 aliphatic rings. The van der Waals surface area contributed by atoms with E-state index in [0.717, 1.165) is 17.1 Å². The second-order valence-electron chi connectivity index (χ2n) is 5.07. The number of nitrogens with one attached hydrogen (secondary N) is 1. The second-order valence-corrected chi connectivity index (χ2v) is 5.07. The molecule has 5 heteroatoms. The van der Waals surface area contributed by atoms with Gasteiger partial charge >= 0.3 is 5.97 Å². The Morgan fingerprint density at radius 1 is 1.29 bits per heavy atom. The minimum atomic E-state index is -0.749. The smallest absolute Gasteiger partial charge is 0.303 e. The molecule has 112 valence electrons. The van der Waals surface area contributed by atoms with Crippen molar-refractivity contribution >= 4 is 5.97 Å². The number of aromatic nitrogens is 2. The lowest BCUT2D eigenvalue weighted by Gasteiger charge is -2.06. The van der Waals surface area contributed by atoms with Crippen LogP contribution in [0.3, 0.4) is 0 Å². The summed E-state index contributed by atoms with van der Waals surface area (Å²) in [6.07, 6.45) is 0.842. The van der Waals surface area contributed by atoms with Crippen molar-refractivity contribution in [2.45, 2.75) is 33.2 Å². The number of nitrogens with zero attached hydrogens (tertiary/aromatic N) is 2. The summed E-state index contributed by atoms with van der Waals surface area (Å²) >= 11 is 0. The molecule has 0 fully saturated rings. The van der Waals surface area contributed by atoms with Crippen LogP contribution in [0, 0.1) is 13.8 Å². The van der Waals surface area contributed by atoms with Gasteiger partial charge in [-0.25, -0.2) is 4.68 Å². The van der Waals surface area contributed by atoms with E-state index in [1.807, 2.05) is 41.9 Å². The zero-order valence-corrected chi connectivity index (χ0v) is 12.5. The number of aliphatic carboxylic acids is 1. The number of hydrogen-bond acceptors (Lipinski definition) is 3. The number of carboxylic acids is 1. The summed E-state index contributed by atoms with van der Waals surface area (Å²) < 4.78 is 1.95. The Morgan fingerprint density at radius 2 is 2.00 bits per heavy atom. The lowest BCUT2D eigenvalue weighted by atomic mass is 10.2. The molecule has 0 radical (unpaired) electrons. The van der Waals surface area contributed by atoms with E-state index in [9.17, 15) is 4.79 Å². The number of carboxylic acid groups (broad SMARTS) is 1. The summed E-state index contributed by atoms with van der Waals surface area (Å²) in [6, 6.07) is 10.0. The van der Waals surface area contributed by atoms with Crippen molar-refractivity contribution in [3.8, 4) is 5.69 Å². The molecule has 5 nitrogen and oxygen atoms in total. The number of benzene rings is 1. The maximum Gasteiger partial charge on any atom is 0.303 e. The molecule has 0 unspecified atom stereocenters. The fourth-order valence-electron chi connectivity index (χ4n) is 2.33. The first-order chi connectivity index (χ1) is 10.1. The average Bonchev–Trinajstić information content (AvgIpc) is 2.75. The quantitative estimate of drug-likeness (QED) is 0.768. The van der Waals surface area contributed by atoms with Gasteiger partial charge in [0.1, 0.15) is 0 Å². The maximum absolute atomic E-state index is 10.5.